The molecule has 1 aromatic carbocycles. The maximum absolute atomic E-state index is 10.9. The van der Waals surface area contributed by atoms with Gasteiger partial charge in [-0.2, -0.15) is 10.1 Å². The maximum Gasteiger partial charge on any atom is 0.316 e. The number of primary amides is 1. The van der Waals surface area contributed by atoms with Gasteiger partial charge in [0.2, 0.25) is 0 Å². The summed E-state index contributed by atoms with van der Waals surface area (Å²) in [7, 11) is 0. The van der Waals surface area contributed by atoms with E-state index in [1.807, 2.05) is 24.3 Å². The maximum atomic E-state index is 10.9. The van der Waals surface area contributed by atoms with Crippen molar-refractivity contribution in [1.29, 1.82) is 0 Å². The van der Waals surface area contributed by atoms with Gasteiger partial charge in [-0.15, -0.1) is 0 Å². The van der Waals surface area contributed by atoms with E-state index in [0.29, 0.717) is 19.2 Å². The summed E-state index contributed by atoms with van der Waals surface area (Å²) in [6.07, 6.45) is 3.26. The second kappa shape index (κ2) is 5.58. The minimum atomic E-state index is -0.604. The molecule has 0 saturated heterocycles. The SMILES string of the molecule is NC(=O)c1[c]cn(CCOc2ncc3ccccc3n2)n1. The van der Waals surface area contributed by atoms with Crippen LogP contribution in [0.4, 0.5) is 0 Å². The molecule has 0 fully saturated rings. The minimum Gasteiger partial charge on any atom is -0.461 e. The Balaban J connectivity index is 1.62. The Morgan fingerprint density at radius 1 is 1.38 bits per heavy atom. The van der Waals surface area contributed by atoms with Gasteiger partial charge in [0, 0.05) is 23.8 Å². The van der Waals surface area contributed by atoms with Crippen molar-refractivity contribution in [2.75, 3.05) is 6.61 Å². The van der Waals surface area contributed by atoms with Gasteiger partial charge in [0.15, 0.2) is 5.69 Å². The Bertz CT molecular complexity index is 784. The summed E-state index contributed by atoms with van der Waals surface area (Å²) < 4.78 is 7.00. The van der Waals surface area contributed by atoms with E-state index in [-0.39, 0.29) is 5.69 Å². The lowest BCUT2D eigenvalue weighted by Crippen LogP contribution is -2.14. The van der Waals surface area contributed by atoms with E-state index in [1.165, 1.54) is 4.68 Å². The van der Waals surface area contributed by atoms with Crippen LogP contribution in [-0.4, -0.2) is 32.3 Å². The van der Waals surface area contributed by atoms with Gasteiger partial charge in [-0.05, 0) is 6.07 Å². The molecule has 105 valence electrons. The zero-order valence-electron chi connectivity index (χ0n) is 11.1. The number of nitrogens with zero attached hydrogens (tertiary/aromatic N) is 4. The van der Waals surface area contributed by atoms with Crippen molar-refractivity contribution in [1.82, 2.24) is 19.7 Å². The van der Waals surface area contributed by atoms with Gasteiger partial charge < -0.3 is 10.5 Å². The highest BCUT2D eigenvalue weighted by molar-refractivity contribution is 5.90. The van der Waals surface area contributed by atoms with E-state index in [9.17, 15) is 4.79 Å². The van der Waals surface area contributed by atoms with Crippen molar-refractivity contribution in [3.8, 4) is 6.01 Å². The van der Waals surface area contributed by atoms with Gasteiger partial charge in [-0.1, -0.05) is 18.2 Å². The Morgan fingerprint density at radius 2 is 2.24 bits per heavy atom. The van der Waals surface area contributed by atoms with Crippen LogP contribution in [0.2, 0.25) is 0 Å². The summed E-state index contributed by atoms with van der Waals surface area (Å²) >= 11 is 0. The van der Waals surface area contributed by atoms with Crippen LogP contribution in [-0.2, 0) is 6.54 Å². The third kappa shape index (κ3) is 2.97. The number of nitrogens with two attached hydrogens (primary N) is 1. The van der Waals surface area contributed by atoms with Crippen molar-refractivity contribution < 1.29 is 9.53 Å². The van der Waals surface area contributed by atoms with Gasteiger partial charge in [0.05, 0.1) is 12.1 Å². The minimum absolute atomic E-state index is 0.108. The Labute approximate surface area is 120 Å². The van der Waals surface area contributed by atoms with Crippen LogP contribution in [0.5, 0.6) is 6.01 Å². The molecule has 0 aliphatic carbocycles. The lowest BCUT2D eigenvalue weighted by atomic mass is 10.2. The number of benzene rings is 1. The molecular weight excluding hydrogens is 270 g/mol. The third-order valence-electron chi connectivity index (χ3n) is 2.83. The smallest absolute Gasteiger partial charge is 0.316 e. The van der Waals surface area contributed by atoms with Crippen molar-refractivity contribution >= 4 is 16.8 Å². The summed E-state index contributed by atoms with van der Waals surface area (Å²) in [5, 5.41) is 4.91. The van der Waals surface area contributed by atoms with Crippen molar-refractivity contribution in [3.63, 3.8) is 0 Å². The third-order valence-corrected chi connectivity index (χ3v) is 2.83. The Hall–Kier alpha value is -2.96. The van der Waals surface area contributed by atoms with E-state index in [4.69, 9.17) is 10.5 Å². The first kappa shape index (κ1) is 13.0. The number of rotatable bonds is 5. The number of para-hydroxylation sites is 1. The molecule has 7 heteroatoms. The fourth-order valence-electron chi connectivity index (χ4n) is 1.81. The van der Waals surface area contributed by atoms with Crippen LogP contribution in [0, 0.1) is 6.07 Å². The summed E-state index contributed by atoms with van der Waals surface area (Å²) in [4.78, 5) is 19.3. The quantitative estimate of drug-likeness (QED) is 0.746. The van der Waals surface area contributed by atoms with Crippen LogP contribution < -0.4 is 10.5 Å². The van der Waals surface area contributed by atoms with Crippen molar-refractivity contribution in [2.45, 2.75) is 6.54 Å². The highest BCUT2D eigenvalue weighted by Crippen LogP contribution is 2.12. The van der Waals surface area contributed by atoms with E-state index in [1.54, 1.807) is 12.4 Å². The lowest BCUT2D eigenvalue weighted by molar-refractivity contribution is 0.0994. The van der Waals surface area contributed by atoms with Crippen LogP contribution in [0.1, 0.15) is 10.5 Å². The number of aromatic nitrogens is 4. The molecule has 2 aromatic heterocycles. The zero-order valence-corrected chi connectivity index (χ0v) is 11.1. The molecule has 0 spiro atoms. The van der Waals surface area contributed by atoms with E-state index < -0.39 is 5.91 Å². The number of carbonyl (C=O) groups is 1. The standard InChI is InChI=1S/C14H12N5O2/c15-13(20)12-5-6-19(18-12)7-8-21-14-16-9-10-3-1-2-4-11(10)17-14/h1-4,6,9H,7-8H2,(H2,15,20). The number of carbonyl (C=O) groups excluding carboxylic acids is 1. The first-order valence-corrected chi connectivity index (χ1v) is 6.32. The number of amides is 1. The molecule has 1 radical (unpaired) electrons. The molecule has 3 aromatic rings. The molecule has 21 heavy (non-hydrogen) atoms. The van der Waals surface area contributed by atoms with Crippen LogP contribution in [0.15, 0.2) is 36.7 Å². The average Bonchev–Trinajstić information content (AvgIpc) is 2.96. The molecule has 1 amide bonds. The highest BCUT2D eigenvalue weighted by atomic mass is 16.5. The monoisotopic (exact) mass is 282 g/mol. The normalized spacial score (nSPS) is 10.7. The van der Waals surface area contributed by atoms with Gasteiger partial charge in [-0.3, -0.25) is 9.48 Å². The molecule has 2 heterocycles. The molecule has 0 aliphatic rings. The molecular formula is C14H12N5O2. The van der Waals surface area contributed by atoms with Crippen LogP contribution in [0.3, 0.4) is 0 Å². The Morgan fingerprint density at radius 3 is 3.05 bits per heavy atom. The fraction of sp³-hybridized carbons (Fsp3) is 0.143. The predicted octanol–water partition coefficient (Wildman–Crippen LogP) is 0.804. The lowest BCUT2D eigenvalue weighted by Gasteiger charge is -2.05. The van der Waals surface area contributed by atoms with E-state index in [0.717, 1.165) is 10.9 Å². The number of ether oxygens (including phenoxy) is 1. The Kier molecular flexibility index (Phi) is 3.46. The molecule has 0 atom stereocenters. The molecule has 0 bridgehead atoms. The average molecular weight is 282 g/mol. The number of fused-ring (bicyclic) bond motifs is 1. The van der Waals surface area contributed by atoms with Gasteiger partial charge in [-0.25, -0.2) is 4.98 Å². The van der Waals surface area contributed by atoms with Gasteiger partial charge in [0.1, 0.15) is 6.61 Å². The summed E-state index contributed by atoms with van der Waals surface area (Å²) in [5.41, 5.74) is 6.04. The van der Waals surface area contributed by atoms with Crippen LogP contribution in [0.25, 0.3) is 10.9 Å². The number of hydrogen-bond donors (Lipinski definition) is 1. The summed E-state index contributed by atoms with van der Waals surface area (Å²) in [6.45, 7) is 0.770. The molecule has 0 unspecified atom stereocenters. The molecule has 7 nitrogen and oxygen atoms in total. The van der Waals surface area contributed by atoms with Gasteiger partial charge >= 0.3 is 6.01 Å². The summed E-state index contributed by atoms with van der Waals surface area (Å²) in [5.74, 6) is -0.604. The second-order valence-corrected chi connectivity index (χ2v) is 4.31. The molecule has 3 rings (SSSR count). The first-order chi connectivity index (χ1) is 10.2. The van der Waals surface area contributed by atoms with Crippen LogP contribution >= 0.6 is 0 Å². The largest absolute Gasteiger partial charge is 0.461 e. The van der Waals surface area contributed by atoms with Crippen molar-refractivity contribution in [2.24, 2.45) is 5.73 Å². The van der Waals surface area contributed by atoms with Crippen molar-refractivity contribution in [3.05, 3.63) is 48.4 Å². The summed E-state index contributed by atoms with van der Waals surface area (Å²) in [6, 6.07) is 10.6. The van der Waals surface area contributed by atoms with Gasteiger partial charge in [0.25, 0.3) is 5.91 Å². The highest BCUT2D eigenvalue weighted by Gasteiger charge is 2.05. The predicted molar refractivity (Wildman–Crippen MR) is 74.6 cm³/mol. The second-order valence-electron chi connectivity index (χ2n) is 4.31. The fourth-order valence-corrected chi connectivity index (χ4v) is 1.81. The topological polar surface area (TPSA) is 95.9 Å². The zero-order chi connectivity index (χ0) is 14.7. The van der Waals surface area contributed by atoms with E-state index in [2.05, 4.69) is 21.1 Å². The first-order valence-electron chi connectivity index (χ1n) is 6.32. The molecule has 2 N–H and O–H groups in total. The molecule has 0 saturated carbocycles. The van der Waals surface area contributed by atoms with E-state index >= 15 is 0 Å². The molecule has 0 aliphatic heterocycles. The number of hydrogen-bond acceptors (Lipinski definition) is 5.